The van der Waals surface area contributed by atoms with Crippen LogP contribution in [0.25, 0.3) is 6.08 Å². The Hall–Kier alpha value is -3.15. The van der Waals surface area contributed by atoms with Crippen LogP contribution < -0.4 is 10.2 Å². The summed E-state index contributed by atoms with van der Waals surface area (Å²) in [5.74, 6) is -0.310. The normalized spacial score (nSPS) is 14.7. The van der Waals surface area contributed by atoms with Gasteiger partial charge in [-0.15, -0.1) is 0 Å². The molecular weight excluding hydrogens is 342 g/mol. The lowest BCUT2D eigenvalue weighted by Gasteiger charge is -2.25. The number of nitrogens with one attached hydrogen (secondary N) is 1. The van der Waals surface area contributed by atoms with E-state index in [-0.39, 0.29) is 11.6 Å². The van der Waals surface area contributed by atoms with Crippen LogP contribution in [0.5, 0.6) is 0 Å². The number of benzene rings is 2. The molecule has 2 aromatic rings. The Bertz CT molecular complexity index is 840. The number of hydrogen-bond acceptors (Lipinski definition) is 4. The summed E-state index contributed by atoms with van der Waals surface area (Å²) in [5, 5.41) is 14.0. The first-order valence-corrected chi connectivity index (χ1v) is 9.21. The monoisotopic (exact) mass is 365 g/mol. The van der Waals surface area contributed by atoms with Crippen molar-refractivity contribution >= 4 is 29.0 Å². The largest absolute Gasteiger partial charge is 0.370 e. The van der Waals surface area contributed by atoms with Crippen molar-refractivity contribution in [3.63, 3.8) is 0 Å². The number of nitro benzene ring substituents is 1. The lowest BCUT2D eigenvalue weighted by atomic mass is 10.1. The molecule has 0 radical (unpaired) electrons. The molecule has 27 heavy (non-hydrogen) atoms. The summed E-state index contributed by atoms with van der Waals surface area (Å²) < 4.78 is 0. The maximum atomic E-state index is 12.4. The number of anilines is 2. The molecule has 0 saturated carbocycles. The Morgan fingerprint density at radius 3 is 2.41 bits per heavy atom. The molecule has 0 atom stereocenters. The molecule has 3 rings (SSSR count). The summed E-state index contributed by atoms with van der Waals surface area (Å²) in [7, 11) is 0. The summed E-state index contributed by atoms with van der Waals surface area (Å²) in [6, 6.07) is 14.1. The maximum absolute atomic E-state index is 12.4. The van der Waals surface area contributed by atoms with Gasteiger partial charge in [-0.25, -0.2) is 0 Å². The average Bonchev–Trinajstić information content (AvgIpc) is 2.96. The van der Waals surface area contributed by atoms with Gasteiger partial charge in [0.15, 0.2) is 0 Å². The minimum atomic E-state index is -0.452. The SMILES string of the molecule is O=C(/C=C/c1ccccc1[N+](=O)[O-])Nc1ccccc1N1CCCCCC1. The first kappa shape index (κ1) is 18.6. The molecule has 0 bridgehead atoms. The van der Waals surface area contributed by atoms with Crippen LogP contribution in [0.2, 0.25) is 0 Å². The smallest absolute Gasteiger partial charge is 0.276 e. The van der Waals surface area contributed by atoms with Crippen LogP contribution in [0.4, 0.5) is 17.1 Å². The van der Waals surface area contributed by atoms with E-state index in [1.807, 2.05) is 24.3 Å². The van der Waals surface area contributed by atoms with Gasteiger partial charge in [-0.3, -0.25) is 14.9 Å². The third-order valence-corrected chi connectivity index (χ3v) is 4.66. The molecule has 140 valence electrons. The number of carbonyl (C=O) groups excluding carboxylic acids is 1. The van der Waals surface area contributed by atoms with E-state index in [1.165, 1.54) is 31.1 Å². The number of hydrogen-bond donors (Lipinski definition) is 1. The second-order valence-electron chi connectivity index (χ2n) is 6.56. The van der Waals surface area contributed by atoms with Crippen molar-refractivity contribution in [1.82, 2.24) is 0 Å². The second-order valence-corrected chi connectivity index (χ2v) is 6.56. The van der Waals surface area contributed by atoms with E-state index in [4.69, 9.17) is 0 Å². The number of nitrogens with zero attached hydrogens (tertiary/aromatic N) is 2. The van der Waals surface area contributed by atoms with E-state index >= 15 is 0 Å². The first-order chi connectivity index (χ1) is 13.1. The lowest BCUT2D eigenvalue weighted by molar-refractivity contribution is -0.385. The van der Waals surface area contributed by atoms with Gasteiger partial charge < -0.3 is 10.2 Å². The molecule has 1 fully saturated rings. The Morgan fingerprint density at radius 2 is 1.67 bits per heavy atom. The van der Waals surface area contributed by atoms with E-state index in [2.05, 4.69) is 10.2 Å². The van der Waals surface area contributed by atoms with Gasteiger partial charge in [0.25, 0.3) is 5.69 Å². The van der Waals surface area contributed by atoms with E-state index in [9.17, 15) is 14.9 Å². The van der Waals surface area contributed by atoms with Crippen molar-refractivity contribution in [3.05, 3.63) is 70.3 Å². The minimum Gasteiger partial charge on any atom is -0.370 e. The third-order valence-electron chi connectivity index (χ3n) is 4.66. The highest BCUT2D eigenvalue weighted by Gasteiger charge is 2.14. The van der Waals surface area contributed by atoms with Gasteiger partial charge in [-0.05, 0) is 37.1 Å². The molecule has 0 aliphatic carbocycles. The van der Waals surface area contributed by atoms with E-state index < -0.39 is 4.92 Å². The second kappa shape index (κ2) is 8.98. The zero-order valence-electron chi connectivity index (χ0n) is 15.1. The Labute approximate surface area is 158 Å². The molecule has 2 aromatic carbocycles. The molecule has 1 aliphatic rings. The van der Waals surface area contributed by atoms with Gasteiger partial charge in [0.05, 0.1) is 21.9 Å². The van der Waals surface area contributed by atoms with Crippen molar-refractivity contribution in [2.75, 3.05) is 23.3 Å². The van der Waals surface area contributed by atoms with Crippen LogP contribution >= 0.6 is 0 Å². The van der Waals surface area contributed by atoms with Crippen LogP contribution in [-0.4, -0.2) is 23.9 Å². The van der Waals surface area contributed by atoms with Gasteiger partial charge in [0, 0.05) is 25.2 Å². The molecule has 1 amide bonds. The van der Waals surface area contributed by atoms with Crippen LogP contribution in [-0.2, 0) is 4.79 Å². The van der Waals surface area contributed by atoms with Crippen molar-refractivity contribution < 1.29 is 9.72 Å². The van der Waals surface area contributed by atoms with Crippen LogP contribution in [0.3, 0.4) is 0 Å². The zero-order chi connectivity index (χ0) is 19.1. The molecule has 1 N–H and O–H groups in total. The summed E-state index contributed by atoms with van der Waals surface area (Å²) in [6.45, 7) is 1.97. The standard InChI is InChI=1S/C21H23N3O3/c25-21(14-13-17-9-3-5-11-19(17)24(26)27)22-18-10-4-6-12-20(18)23-15-7-1-2-8-16-23/h3-6,9-14H,1-2,7-8,15-16H2,(H,22,25)/b14-13+. The molecule has 6 nitrogen and oxygen atoms in total. The van der Waals surface area contributed by atoms with Crippen LogP contribution in [0, 0.1) is 10.1 Å². The highest BCUT2D eigenvalue weighted by atomic mass is 16.6. The first-order valence-electron chi connectivity index (χ1n) is 9.21. The third kappa shape index (κ3) is 4.94. The summed E-state index contributed by atoms with van der Waals surface area (Å²) in [6.07, 6.45) is 7.59. The van der Waals surface area contributed by atoms with Crippen LogP contribution in [0.15, 0.2) is 54.6 Å². The molecule has 1 saturated heterocycles. The van der Waals surface area contributed by atoms with Crippen LogP contribution in [0.1, 0.15) is 31.2 Å². The molecule has 0 aromatic heterocycles. The molecule has 1 aliphatic heterocycles. The van der Waals surface area contributed by atoms with Crippen molar-refractivity contribution in [1.29, 1.82) is 0 Å². The van der Waals surface area contributed by atoms with Gasteiger partial charge in [0.2, 0.25) is 5.91 Å². The Kier molecular flexibility index (Phi) is 6.20. The fraction of sp³-hybridized carbons (Fsp3) is 0.286. The van der Waals surface area contributed by atoms with Gasteiger partial charge in [0.1, 0.15) is 0 Å². The minimum absolute atomic E-state index is 0.0217. The number of carbonyl (C=O) groups is 1. The molecular formula is C21H23N3O3. The van der Waals surface area contributed by atoms with E-state index in [0.717, 1.165) is 37.3 Å². The Balaban J connectivity index is 1.74. The average molecular weight is 365 g/mol. The number of nitro groups is 1. The van der Waals surface area contributed by atoms with Gasteiger partial charge in [-0.2, -0.15) is 0 Å². The van der Waals surface area contributed by atoms with Gasteiger partial charge >= 0.3 is 0 Å². The lowest BCUT2D eigenvalue weighted by Crippen LogP contribution is -2.25. The van der Waals surface area contributed by atoms with Crippen molar-refractivity contribution in [2.45, 2.75) is 25.7 Å². The predicted octanol–water partition coefficient (Wildman–Crippen LogP) is 4.63. The summed E-state index contributed by atoms with van der Waals surface area (Å²) in [5.41, 5.74) is 2.16. The molecule has 1 heterocycles. The summed E-state index contributed by atoms with van der Waals surface area (Å²) >= 11 is 0. The zero-order valence-corrected chi connectivity index (χ0v) is 15.1. The molecule has 0 unspecified atom stereocenters. The fourth-order valence-corrected chi connectivity index (χ4v) is 3.30. The quantitative estimate of drug-likeness (QED) is 0.476. The predicted molar refractivity (Wildman–Crippen MR) is 108 cm³/mol. The topological polar surface area (TPSA) is 75.5 Å². The van der Waals surface area contributed by atoms with Crippen molar-refractivity contribution in [2.24, 2.45) is 0 Å². The fourth-order valence-electron chi connectivity index (χ4n) is 3.30. The number of rotatable bonds is 5. The van der Waals surface area contributed by atoms with Gasteiger partial charge in [-0.1, -0.05) is 37.1 Å². The Morgan fingerprint density at radius 1 is 1.00 bits per heavy atom. The summed E-state index contributed by atoms with van der Waals surface area (Å²) in [4.78, 5) is 25.3. The van der Waals surface area contributed by atoms with Crippen molar-refractivity contribution in [3.8, 4) is 0 Å². The number of para-hydroxylation sites is 3. The maximum Gasteiger partial charge on any atom is 0.276 e. The molecule has 0 spiro atoms. The van der Waals surface area contributed by atoms with E-state index in [1.54, 1.807) is 18.2 Å². The molecule has 6 heteroatoms. The number of amides is 1. The highest BCUT2D eigenvalue weighted by molar-refractivity contribution is 6.04. The highest BCUT2D eigenvalue weighted by Crippen LogP contribution is 2.28. The van der Waals surface area contributed by atoms with E-state index in [0.29, 0.717) is 5.56 Å².